The van der Waals surface area contributed by atoms with E-state index < -0.39 is 0 Å². The number of methoxy groups -OCH3 is 1. The number of thiazole rings is 1. The van der Waals surface area contributed by atoms with Crippen LogP contribution in [0.1, 0.15) is 5.69 Å². The molecule has 2 heterocycles. The van der Waals surface area contributed by atoms with Crippen LogP contribution in [0.2, 0.25) is 5.02 Å². The van der Waals surface area contributed by atoms with Crippen LogP contribution in [0.3, 0.4) is 0 Å². The van der Waals surface area contributed by atoms with E-state index >= 15 is 0 Å². The van der Waals surface area contributed by atoms with E-state index in [4.69, 9.17) is 16.3 Å². The quantitative estimate of drug-likeness (QED) is 0.678. The van der Waals surface area contributed by atoms with E-state index in [1.165, 1.54) is 18.4 Å². The van der Waals surface area contributed by atoms with Crippen LogP contribution in [0.4, 0.5) is 16.6 Å². The van der Waals surface area contributed by atoms with Gasteiger partial charge in [-0.2, -0.15) is 0 Å². The van der Waals surface area contributed by atoms with Gasteiger partial charge in [-0.1, -0.05) is 17.7 Å². The normalized spacial score (nSPS) is 10.3. The fourth-order valence-electron chi connectivity index (χ4n) is 2.11. The number of hydrogen-bond donors (Lipinski definition) is 2. The van der Waals surface area contributed by atoms with E-state index in [1.807, 2.05) is 23.6 Å². The molecule has 0 saturated heterocycles. The van der Waals surface area contributed by atoms with Crippen molar-refractivity contribution in [3.05, 3.63) is 58.7 Å². The Labute approximate surface area is 153 Å². The molecule has 2 N–H and O–H groups in total. The molecule has 0 unspecified atom stereocenters. The SMILES string of the molecule is COc1ccc(NC(=O)Cc2csc(Nc3ccccn3)n2)cc1Cl. The molecule has 25 heavy (non-hydrogen) atoms. The summed E-state index contributed by atoms with van der Waals surface area (Å²) in [5.74, 6) is 1.10. The summed E-state index contributed by atoms with van der Waals surface area (Å²) in [6.45, 7) is 0. The average molecular weight is 375 g/mol. The number of carbonyl (C=O) groups excluding carboxylic acids is 1. The van der Waals surface area contributed by atoms with Gasteiger partial charge in [0.25, 0.3) is 0 Å². The topological polar surface area (TPSA) is 76.1 Å². The number of carbonyl (C=O) groups is 1. The predicted octanol–water partition coefficient (Wildman–Crippen LogP) is 4.12. The molecule has 0 saturated carbocycles. The summed E-state index contributed by atoms with van der Waals surface area (Å²) < 4.78 is 5.09. The van der Waals surface area contributed by atoms with Crippen LogP contribution in [-0.4, -0.2) is 23.0 Å². The van der Waals surface area contributed by atoms with E-state index in [0.717, 1.165) is 0 Å². The lowest BCUT2D eigenvalue weighted by Gasteiger charge is -2.07. The molecule has 0 aliphatic carbocycles. The van der Waals surface area contributed by atoms with Crippen LogP contribution >= 0.6 is 22.9 Å². The monoisotopic (exact) mass is 374 g/mol. The number of amides is 1. The number of hydrogen-bond acceptors (Lipinski definition) is 6. The van der Waals surface area contributed by atoms with Gasteiger partial charge in [-0.3, -0.25) is 4.79 Å². The van der Waals surface area contributed by atoms with Crippen molar-refractivity contribution in [2.45, 2.75) is 6.42 Å². The molecular formula is C17H15ClN4O2S. The van der Waals surface area contributed by atoms with Crippen LogP contribution in [0.15, 0.2) is 48.0 Å². The Balaban J connectivity index is 1.59. The summed E-state index contributed by atoms with van der Waals surface area (Å²) in [4.78, 5) is 20.7. The zero-order valence-corrected chi connectivity index (χ0v) is 14.9. The number of benzene rings is 1. The number of anilines is 3. The van der Waals surface area contributed by atoms with E-state index in [0.29, 0.717) is 33.1 Å². The largest absolute Gasteiger partial charge is 0.495 e. The lowest BCUT2D eigenvalue weighted by Crippen LogP contribution is -2.14. The lowest BCUT2D eigenvalue weighted by molar-refractivity contribution is -0.115. The first-order chi connectivity index (χ1) is 12.1. The molecule has 0 radical (unpaired) electrons. The van der Waals surface area contributed by atoms with Crippen LogP contribution in [-0.2, 0) is 11.2 Å². The van der Waals surface area contributed by atoms with E-state index in [2.05, 4.69) is 20.6 Å². The Morgan fingerprint density at radius 1 is 1.32 bits per heavy atom. The summed E-state index contributed by atoms with van der Waals surface area (Å²) in [5, 5.41) is 8.86. The molecule has 8 heteroatoms. The van der Waals surface area contributed by atoms with Gasteiger partial charge in [0.15, 0.2) is 5.13 Å². The third-order valence-electron chi connectivity index (χ3n) is 3.23. The fourth-order valence-corrected chi connectivity index (χ4v) is 3.08. The van der Waals surface area contributed by atoms with Crippen molar-refractivity contribution in [2.24, 2.45) is 0 Å². The molecule has 0 aliphatic heterocycles. The van der Waals surface area contributed by atoms with Crippen molar-refractivity contribution in [3.63, 3.8) is 0 Å². The van der Waals surface area contributed by atoms with Gasteiger partial charge in [0.2, 0.25) is 5.91 Å². The van der Waals surface area contributed by atoms with Gasteiger partial charge in [-0.25, -0.2) is 9.97 Å². The number of pyridine rings is 1. The summed E-state index contributed by atoms with van der Waals surface area (Å²) in [5.41, 5.74) is 1.29. The highest BCUT2D eigenvalue weighted by atomic mass is 35.5. The molecule has 0 atom stereocenters. The highest BCUT2D eigenvalue weighted by Crippen LogP contribution is 2.27. The third kappa shape index (κ3) is 4.68. The van der Waals surface area contributed by atoms with E-state index in [9.17, 15) is 4.79 Å². The summed E-state index contributed by atoms with van der Waals surface area (Å²) in [6, 6.07) is 10.7. The Bertz CT molecular complexity index is 870. The first kappa shape index (κ1) is 17.2. The van der Waals surface area contributed by atoms with Crippen LogP contribution in [0.25, 0.3) is 0 Å². The minimum Gasteiger partial charge on any atom is -0.495 e. The highest BCUT2D eigenvalue weighted by Gasteiger charge is 2.10. The van der Waals surface area contributed by atoms with Crippen LogP contribution < -0.4 is 15.4 Å². The number of nitrogens with one attached hydrogen (secondary N) is 2. The second kappa shape index (κ2) is 7.96. The van der Waals surface area contributed by atoms with Crippen molar-refractivity contribution in [1.82, 2.24) is 9.97 Å². The first-order valence-electron chi connectivity index (χ1n) is 7.40. The van der Waals surface area contributed by atoms with Crippen molar-refractivity contribution in [1.29, 1.82) is 0 Å². The molecule has 0 bridgehead atoms. The van der Waals surface area contributed by atoms with E-state index in [1.54, 1.807) is 24.4 Å². The van der Waals surface area contributed by atoms with Gasteiger partial charge >= 0.3 is 0 Å². The maximum Gasteiger partial charge on any atom is 0.230 e. The first-order valence-corrected chi connectivity index (χ1v) is 8.65. The van der Waals surface area contributed by atoms with Crippen LogP contribution in [0, 0.1) is 0 Å². The maximum absolute atomic E-state index is 12.2. The minimum atomic E-state index is -0.170. The smallest absolute Gasteiger partial charge is 0.230 e. The fraction of sp³-hybridized carbons (Fsp3) is 0.118. The van der Waals surface area contributed by atoms with Crippen molar-refractivity contribution in [3.8, 4) is 5.75 Å². The van der Waals surface area contributed by atoms with Gasteiger partial charge in [-0.15, -0.1) is 11.3 Å². The highest BCUT2D eigenvalue weighted by molar-refractivity contribution is 7.13. The number of rotatable bonds is 6. The van der Waals surface area contributed by atoms with Crippen molar-refractivity contribution >= 4 is 45.5 Å². The number of ether oxygens (including phenoxy) is 1. The predicted molar refractivity (Wildman–Crippen MR) is 100.0 cm³/mol. The molecule has 2 aromatic heterocycles. The Morgan fingerprint density at radius 2 is 2.20 bits per heavy atom. The molecule has 128 valence electrons. The molecule has 1 aromatic carbocycles. The molecule has 3 aromatic rings. The van der Waals surface area contributed by atoms with Gasteiger partial charge in [0.1, 0.15) is 11.6 Å². The van der Waals surface area contributed by atoms with Gasteiger partial charge < -0.3 is 15.4 Å². The van der Waals surface area contributed by atoms with Gasteiger partial charge in [0, 0.05) is 17.3 Å². The maximum atomic E-state index is 12.2. The molecule has 0 fully saturated rings. The van der Waals surface area contributed by atoms with Crippen molar-refractivity contribution < 1.29 is 9.53 Å². The molecule has 6 nitrogen and oxygen atoms in total. The minimum absolute atomic E-state index is 0.170. The molecule has 0 spiro atoms. The molecule has 1 amide bonds. The lowest BCUT2D eigenvalue weighted by atomic mass is 10.2. The second-order valence-electron chi connectivity index (χ2n) is 5.06. The second-order valence-corrected chi connectivity index (χ2v) is 6.32. The number of aromatic nitrogens is 2. The zero-order valence-electron chi connectivity index (χ0n) is 13.3. The standard InChI is InChI=1S/C17H15ClN4O2S/c1-24-14-6-5-11(8-13(14)18)20-16(23)9-12-10-25-17(21-12)22-15-4-2-3-7-19-15/h2-8,10H,9H2,1H3,(H,20,23)(H,19,21,22). The average Bonchev–Trinajstić information content (AvgIpc) is 3.02. The van der Waals surface area contributed by atoms with Crippen molar-refractivity contribution in [2.75, 3.05) is 17.7 Å². The Hall–Kier alpha value is -2.64. The molecule has 0 aliphatic rings. The van der Waals surface area contributed by atoms with Gasteiger partial charge in [-0.05, 0) is 30.3 Å². The zero-order chi connectivity index (χ0) is 17.6. The van der Waals surface area contributed by atoms with Gasteiger partial charge in [0.05, 0.1) is 24.2 Å². The summed E-state index contributed by atoms with van der Waals surface area (Å²) in [7, 11) is 1.54. The Morgan fingerprint density at radius 3 is 2.92 bits per heavy atom. The Kier molecular flexibility index (Phi) is 5.47. The summed E-state index contributed by atoms with van der Waals surface area (Å²) >= 11 is 7.47. The number of nitrogens with zero attached hydrogens (tertiary/aromatic N) is 2. The summed E-state index contributed by atoms with van der Waals surface area (Å²) in [6.07, 6.45) is 1.87. The number of halogens is 1. The van der Waals surface area contributed by atoms with E-state index in [-0.39, 0.29) is 12.3 Å². The molecular weight excluding hydrogens is 360 g/mol. The molecule has 3 rings (SSSR count). The third-order valence-corrected chi connectivity index (χ3v) is 4.33. The van der Waals surface area contributed by atoms with Crippen LogP contribution in [0.5, 0.6) is 5.75 Å².